The normalized spacial score (nSPS) is 12.4. The molecule has 13 heavy (non-hydrogen) atoms. The van der Waals surface area contributed by atoms with Gasteiger partial charge in [-0.15, -0.1) is 10.2 Å². The lowest BCUT2D eigenvalue weighted by Gasteiger charge is -2.09. The van der Waals surface area contributed by atoms with Crippen LogP contribution in [0.2, 0.25) is 0 Å². The predicted molar refractivity (Wildman–Crippen MR) is 43.6 cm³/mol. The highest BCUT2D eigenvalue weighted by molar-refractivity contribution is 5.37. The van der Waals surface area contributed by atoms with Gasteiger partial charge in [0.25, 0.3) is 6.47 Å². The zero-order valence-electron chi connectivity index (χ0n) is 7.43. The van der Waals surface area contributed by atoms with E-state index < -0.39 is 0 Å². The fourth-order valence-corrected chi connectivity index (χ4v) is 1.02. The third kappa shape index (κ3) is 2.81. The van der Waals surface area contributed by atoms with Crippen LogP contribution >= 0.6 is 0 Å². The number of hydrogen-bond acceptors (Lipinski definition) is 5. The van der Waals surface area contributed by atoms with E-state index in [1.165, 1.54) is 0 Å². The van der Waals surface area contributed by atoms with Crippen molar-refractivity contribution in [1.82, 2.24) is 20.6 Å². The SMILES string of the molecule is CCCCC(OC=O)c1nn[nH]n1. The molecule has 1 N–H and O–H groups in total. The Hall–Kier alpha value is -1.46. The molecule has 1 aromatic heterocycles. The van der Waals surface area contributed by atoms with Crippen molar-refractivity contribution < 1.29 is 9.53 Å². The van der Waals surface area contributed by atoms with E-state index in [0.717, 1.165) is 19.3 Å². The first-order valence-corrected chi connectivity index (χ1v) is 4.21. The molecule has 6 heteroatoms. The topological polar surface area (TPSA) is 80.8 Å². The van der Waals surface area contributed by atoms with Crippen LogP contribution < -0.4 is 0 Å². The maximum atomic E-state index is 10.2. The van der Waals surface area contributed by atoms with Crippen LogP contribution in [-0.4, -0.2) is 27.1 Å². The van der Waals surface area contributed by atoms with Crippen molar-refractivity contribution in [2.75, 3.05) is 0 Å². The number of nitrogens with one attached hydrogen (secondary N) is 1. The summed E-state index contributed by atoms with van der Waals surface area (Å²) in [4.78, 5) is 10.2. The molecular weight excluding hydrogens is 172 g/mol. The minimum absolute atomic E-state index is 0.365. The maximum absolute atomic E-state index is 10.2. The van der Waals surface area contributed by atoms with Crippen LogP contribution in [0.4, 0.5) is 0 Å². The van der Waals surface area contributed by atoms with Gasteiger partial charge in [-0.1, -0.05) is 18.6 Å². The second-order valence-corrected chi connectivity index (χ2v) is 2.63. The fourth-order valence-electron chi connectivity index (χ4n) is 1.02. The molecule has 0 aliphatic carbocycles. The van der Waals surface area contributed by atoms with E-state index >= 15 is 0 Å². The summed E-state index contributed by atoms with van der Waals surface area (Å²) in [7, 11) is 0. The molecule has 0 bridgehead atoms. The van der Waals surface area contributed by atoms with Gasteiger partial charge >= 0.3 is 0 Å². The summed E-state index contributed by atoms with van der Waals surface area (Å²) in [5.74, 6) is 0.431. The van der Waals surface area contributed by atoms with Gasteiger partial charge in [0.15, 0.2) is 6.10 Å². The highest BCUT2D eigenvalue weighted by Crippen LogP contribution is 2.17. The summed E-state index contributed by atoms with van der Waals surface area (Å²) in [6.07, 6.45) is 2.37. The van der Waals surface area contributed by atoms with Crippen LogP contribution in [0.15, 0.2) is 0 Å². The third-order valence-electron chi connectivity index (χ3n) is 1.69. The predicted octanol–water partition coefficient (Wildman–Crippen LogP) is 0.604. The molecule has 0 saturated heterocycles. The van der Waals surface area contributed by atoms with Crippen molar-refractivity contribution in [3.8, 4) is 0 Å². The molecule has 0 spiro atoms. The Morgan fingerprint density at radius 2 is 2.54 bits per heavy atom. The Labute approximate surface area is 75.7 Å². The van der Waals surface area contributed by atoms with Gasteiger partial charge in [-0.05, 0) is 12.8 Å². The smallest absolute Gasteiger partial charge is 0.293 e. The first-order valence-electron chi connectivity index (χ1n) is 4.21. The Balaban J connectivity index is 2.51. The summed E-state index contributed by atoms with van der Waals surface area (Å²) < 4.78 is 4.82. The van der Waals surface area contributed by atoms with Gasteiger partial charge in [0.1, 0.15) is 0 Å². The van der Waals surface area contributed by atoms with Gasteiger partial charge in [0, 0.05) is 0 Å². The minimum Gasteiger partial charge on any atom is -0.456 e. The molecule has 0 aromatic carbocycles. The number of carbonyl (C=O) groups excluding carboxylic acids is 1. The fraction of sp³-hybridized carbons (Fsp3) is 0.714. The Kier molecular flexibility index (Phi) is 3.87. The summed E-state index contributed by atoms with van der Waals surface area (Å²) in [5.41, 5.74) is 0. The molecule has 0 fully saturated rings. The first-order chi connectivity index (χ1) is 6.38. The molecule has 1 unspecified atom stereocenters. The summed E-state index contributed by atoms with van der Waals surface area (Å²) in [5, 5.41) is 13.2. The number of aromatic amines is 1. The van der Waals surface area contributed by atoms with E-state index in [1.54, 1.807) is 0 Å². The molecule has 0 aliphatic heterocycles. The quantitative estimate of drug-likeness (QED) is 0.655. The molecule has 1 heterocycles. The zero-order valence-corrected chi connectivity index (χ0v) is 7.43. The molecule has 0 saturated carbocycles. The van der Waals surface area contributed by atoms with E-state index in [4.69, 9.17) is 4.74 Å². The highest BCUT2D eigenvalue weighted by Gasteiger charge is 2.15. The van der Waals surface area contributed by atoms with E-state index in [2.05, 4.69) is 27.5 Å². The van der Waals surface area contributed by atoms with Gasteiger partial charge in [0.2, 0.25) is 5.82 Å². The van der Waals surface area contributed by atoms with Gasteiger partial charge in [0.05, 0.1) is 0 Å². The van der Waals surface area contributed by atoms with Crippen LogP contribution in [0, 0.1) is 0 Å². The van der Waals surface area contributed by atoms with Crippen molar-refractivity contribution in [2.45, 2.75) is 32.3 Å². The number of carbonyl (C=O) groups is 1. The van der Waals surface area contributed by atoms with Crippen LogP contribution in [0.5, 0.6) is 0 Å². The molecule has 1 rings (SSSR count). The number of H-pyrrole nitrogens is 1. The number of nitrogens with zero attached hydrogens (tertiary/aromatic N) is 3. The second-order valence-electron chi connectivity index (χ2n) is 2.63. The molecular formula is C7H12N4O2. The number of rotatable bonds is 6. The Bertz CT molecular complexity index is 237. The second kappa shape index (κ2) is 5.23. The molecule has 0 aliphatic rings. The number of aromatic nitrogens is 4. The Morgan fingerprint density at radius 1 is 1.69 bits per heavy atom. The van der Waals surface area contributed by atoms with Crippen molar-refractivity contribution >= 4 is 6.47 Å². The summed E-state index contributed by atoms with van der Waals surface area (Å²) in [6.45, 7) is 2.48. The number of ether oxygens (including phenoxy) is 1. The van der Waals surface area contributed by atoms with Crippen molar-refractivity contribution in [3.63, 3.8) is 0 Å². The van der Waals surface area contributed by atoms with E-state index in [-0.39, 0.29) is 6.10 Å². The van der Waals surface area contributed by atoms with E-state index in [0.29, 0.717) is 12.3 Å². The standard InChI is InChI=1S/C7H12N4O2/c1-2-3-4-6(13-5-12)7-8-10-11-9-7/h5-6H,2-4H2,1H3,(H,8,9,10,11). The number of tetrazole rings is 1. The molecule has 1 aromatic rings. The molecule has 72 valence electrons. The van der Waals surface area contributed by atoms with Crippen molar-refractivity contribution in [3.05, 3.63) is 5.82 Å². The van der Waals surface area contributed by atoms with Gasteiger partial charge in [-0.2, -0.15) is 5.21 Å². The monoisotopic (exact) mass is 184 g/mol. The lowest BCUT2D eigenvalue weighted by Crippen LogP contribution is -2.05. The van der Waals surface area contributed by atoms with Crippen LogP contribution in [0.3, 0.4) is 0 Å². The highest BCUT2D eigenvalue weighted by atomic mass is 16.5. The number of unbranched alkanes of at least 4 members (excludes halogenated alkanes) is 1. The molecule has 1 atom stereocenters. The molecule has 0 amide bonds. The van der Waals surface area contributed by atoms with Crippen molar-refractivity contribution in [1.29, 1.82) is 0 Å². The minimum atomic E-state index is -0.365. The summed E-state index contributed by atoms with van der Waals surface area (Å²) in [6, 6.07) is 0. The van der Waals surface area contributed by atoms with Crippen LogP contribution in [-0.2, 0) is 9.53 Å². The lowest BCUT2D eigenvalue weighted by atomic mass is 10.1. The van der Waals surface area contributed by atoms with E-state index in [9.17, 15) is 4.79 Å². The average Bonchev–Trinajstić information content (AvgIpc) is 2.65. The van der Waals surface area contributed by atoms with Crippen molar-refractivity contribution in [2.24, 2.45) is 0 Å². The van der Waals surface area contributed by atoms with Gasteiger partial charge in [-0.3, -0.25) is 4.79 Å². The largest absolute Gasteiger partial charge is 0.456 e. The number of hydrogen-bond donors (Lipinski definition) is 1. The zero-order chi connectivity index (χ0) is 9.52. The molecule has 6 nitrogen and oxygen atoms in total. The van der Waals surface area contributed by atoms with Gasteiger partial charge < -0.3 is 4.74 Å². The molecule has 0 radical (unpaired) electrons. The summed E-state index contributed by atoms with van der Waals surface area (Å²) >= 11 is 0. The maximum Gasteiger partial charge on any atom is 0.293 e. The Morgan fingerprint density at radius 3 is 3.08 bits per heavy atom. The van der Waals surface area contributed by atoms with E-state index in [1.807, 2.05) is 0 Å². The third-order valence-corrected chi connectivity index (χ3v) is 1.69. The van der Waals surface area contributed by atoms with Crippen LogP contribution in [0.25, 0.3) is 0 Å². The average molecular weight is 184 g/mol. The first kappa shape index (κ1) is 9.63. The van der Waals surface area contributed by atoms with Crippen LogP contribution in [0.1, 0.15) is 38.1 Å². The van der Waals surface area contributed by atoms with Gasteiger partial charge in [-0.25, -0.2) is 0 Å². The lowest BCUT2D eigenvalue weighted by molar-refractivity contribution is -0.134.